The number of nitriles is 1. The third-order valence-electron chi connectivity index (χ3n) is 1.67. The normalized spacial score (nSPS) is 10.9. The summed E-state index contributed by atoms with van der Waals surface area (Å²) in [5.74, 6) is -3.05. The lowest BCUT2D eigenvalue weighted by molar-refractivity contribution is 0.00593. The van der Waals surface area contributed by atoms with Crippen molar-refractivity contribution in [2.45, 2.75) is 5.92 Å². The van der Waals surface area contributed by atoms with Crippen LogP contribution in [0.15, 0.2) is 24.3 Å². The van der Waals surface area contributed by atoms with Crippen molar-refractivity contribution < 1.29 is 8.78 Å². The molecule has 0 atom stereocenters. The van der Waals surface area contributed by atoms with E-state index >= 15 is 0 Å². The van der Waals surface area contributed by atoms with Crippen LogP contribution in [0.5, 0.6) is 0 Å². The predicted octanol–water partition coefficient (Wildman–Crippen LogP) is 1.61. The molecule has 0 saturated carbocycles. The summed E-state index contributed by atoms with van der Waals surface area (Å²) in [5, 5.41) is 8.47. The van der Waals surface area contributed by atoms with E-state index in [0.717, 1.165) is 6.07 Å². The van der Waals surface area contributed by atoms with Crippen LogP contribution in [0.2, 0.25) is 0 Å². The van der Waals surface area contributed by atoms with Gasteiger partial charge in [0.2, 0.25) is 0 Å². The van der Waals surface area contributed by atoms with Gasteiger partial charge in [-0.15, -0.1) is 0 Å². The average molecular weight is 182 g/mol. The maximum absolute atomic E-state index is 13.0. The number of rotatable bonds is 2. The van der Waals surface area contributed by atoms with E-state index < -0.39 is 12.5 Å². The predicted molar refractivity (Wildman–Crippen MR) is 44.1 cm³/mol. The molecule has 1 rings (SSSR count). The van der Waals surface area contributed by atoms with Gasteiger partial charge in [0, 0.05) is 5.56 Å². The Kier molecular flexibility index (Phi) is 2.59. The van der Waals surface area contributed by atoms with Crippen molar-refractivity contribution in [2.24, 2.45) is 5.73 Å². The Bertz CT molecular complexity index is 342. The van der Waals surface area contributed by atoms with Crippen LogP contribution in [0.1, 0.15) is 11.1 Å². The molecule has 2 N–H and O–H groups in total. The van der Waals surface area contributed by atoms with Crippen molar-refractivity contribution >= 4 is 0 Å². The van der Waals surface area contributed by atoms with Crippen LogP contribution in [0.25, 0.3) is 0 Å². The monoisotopic (exact) mass is 182 g/mol. The molecule has 1 aromatic carbocycles. The summed E-state index contributed by atoms with van der Waals surface area (Å²) < 4.78 is 25.9. The third-order valence-corrected chi connectivity index (χ3v) is 1.67. The maximum atomic E-state index is 13.0. The smallest absolute Gasteiger partial charge is 0.285 e. The summed E-state index contributed by atoms with van der Waals surface area (Å²) in [4.78, 5) is 0. The third kappa shape index (κ3) is 2.01. The molecular weight excluding hydrogens is 174 g/mol. The van der Waals surface area contributed by atoms with E-state index in [4.69, 9.17) is 11.0 Å². The molecule has 68 valence electrons. The molecule has 4 heteroatoms. The SMILES string of the molecule is N#Cc1cccc(C(F)(F)CN)c1. The molecule has 2 nitrogen and oxygen atoms in total. The highest BCUT2D eigenvalue weighted by molar-refractivity contribution is 5.34. The molecule has 0 bridgehead atoms. The van der Waals surface area contributed by atoms with Crippen molar-refractivity contribution in [2.75, 3.05) is 6.54 Å². The molecule has 13 heavy (non-hydrogen) atoms. The Balaban J connectivity index is 3.10. The Morgan fingerprint density at radius 2 is 2.15 bits per heavy atom. The second-order valence-electron chi connectivity index (χ2n) is 2.60. The van der Waals surface area contributed by atoms with Crippen molar-refractivity contribution in [1.29, 1.82) is 5.26 Å². The zero-order chi connectivity index (χ0) is 9.90. The number of alkyl halides is 2. The zero-order valence-corrected chi connectivity index (χ0v) is 6.80. The highest BCUT2D eigenvalue weighted by Crippen LogP contribution is 2.26. The highest BCUT2D eigenvalue weighted by atomic mass is 19.3. The number of nitrogens with zero attached hydrogens (tertiary/aromatic N) is 1. The minimum atomic E-state index is -3.05. The van der Waals surface area contributed by atoms with Crippen LogP contribution in [-0.4, -0.2) is 6.54 Å². The fraction of sp³-hybridized carbons (Fsp3) is 0.222. The molecule has 0 spiro atoms. The fourth-order valence-electron chi connectivity index (χ4n) is 0.934. The van der Waals surface area contributed by atoms with Crippen LogP contribution in [0.3, 0.4) is 0 Å². The maximum Gasteiger partial charge on any atom is 0.285 e. The highest BCUT2D eigenvalue weighted by Gasteiger charge is 2.29. The van der Waals surface area contributed by atoms with Gasteiger partial charge in [0.05, 0.1) is 18.2 Å². The van der Waals surface area contributed by atoms with Crippen molar-refractivity contribution in [3.63, 3.8) is 0 Å². The summed E-state index contributed by atoms with van der Waals surface area (Å²) in [6.07, 6.45) is 0. The molecule has 0 amide bonds. The molecule has 1 aromatic rings. The fourth-order valence-corrected chi connectivity index (χ4v) is 0.934. The van der Waals surface area contributed by atoms with Gasteiger partial charge in [0.15, 0.2) is 0 Å². The van der Waals surface area contributed by atoms with Gasteiger partial charge in [-0.1, -0.05) is 12.1 Å². The molecular formula is C9H8F2N2. The molecule has 0 fully saturated rings. The van der Waals surface area contributed by atoms with E-state index in [2.05, 4.69) is 0 Å². The number of hydrogen-bond acceptors (Lipinski definition) is 2. The van der Waals surface area contributed by atoms with E-state index in [1.165, 1.54) is 18.2 Å². The second kappa shape index (κ2) is 3.50. The van der Waals surface area contributed by atoms with Crippen LogP contribution in [0.4, 0.5) is 8.78 Å². The molecule has 0 aliphatic heterocycles. The molecule has 0 aromatic heterocycles. The van der Waals surface area contributed by atoms with Crippen molar-refractivity contribution in [3.8, 4) is 6.07 Å². The topological polar surface area (TPSA) is 49.8 Å². The quantitative estimate of drug-likeness (QED) is 0.755. The van der Waals surface area contributed by atoms with Crippen molar-refractivity contribution in [3.05, 3.63) is 35.4 Å². The van der Waals surface area contributed by atoms with Gasteiger partial charge in [0.1, 0.15) is 0 Å². The zero-order valence-electron chi connectivity index (χ0n) is 6.80. The molecule has 0 unspecified atom stereocenters. The van der Waals surface area contributed by atoms with Gasteiger partial charge in [-0.2, -0.15) is 14.0 Å². The van der Waals surface area contributed by atoms with Crippen LogP contribution < -0.4 is 5.73 Å². The Morgan fingerprint density at radius 1 is 1.46 bits per heavy atom. The molecule has 0 radical (unpaired) electrons. The largest absolute Gasteiger partial charge is 0.325 e. The van der Waals surface area contributed by atoms with E-state index in [9.17, 15) is 8.78 Å². The number of benzene rings is 1. The van der Waals surface area contributed by atoms with Gasteiger partial charge in [-0.25, -0.2) is 0 Å². The van der Waals surface area contributed by atoms with Crippen molar-refractivity contribution in [1.82, 2.24) is 0 Å². The lowest BCUT2D eigenvalue weighted by Gasteiger charge is -2.13. The first-order valence-corrected chi connectivity index (χ1v) is 3.68. The first kappa shape index (κ1) is 9.62. The minimum absolute atomic E-state index is 0.214. The number of halogens is 2. The average Bonchev–Trinajstić information content (AvgIpc) is 2.18. The lowest BCUT2D eigenvalue weighted by atomic mass is 10.1. The first-order valence-electron chi connectivity index (χ1n) is 3.68. The number of nitrogens with two attached hydrogens (primary N) is 1. The summed E-state index contributed by atoms with van der Waals surface area (Å²) in [5.41, 5.74) is 4.90. The van der Waals surface area contributed by atoms with Gasteiger partial charge >= 0.3 is 0 Å². The van der Waals surface area contributed by atoms with E-state index in [0.29, 0.717) is 0 Å². The molecule has 0 saturated heterocycles. The lowest BCUT2D eigenvalue weighted by Crippen LogP contribution is -2.25. The second-order valence-corrected chi connectivity index (χ2v) is 2.60. The summed E-state index contributed by atoms with van der Waals surface area (Å²) in [6.45, 7) is -0.748. The Hall–Kier alpha value is -1.47. The summed E-state index contributed by atoms with van der Waals surface area (Å²) in [6, 6.07) is 7.08. The molecule has 0 heterocycles. The van der Waals surface area contributed by atoms with E-state index in [1.807, 2.05) is 0 Å². The van der Waals surface area contributed by atoms with Gasteiger partial charge < -0.3 is 5.73 Å². The van der Waals surface area contributed by atoms with Gasteiger partial charge in [0.25, 0.3) is 5.92 Å². The minimum Gasteiger partial charge on any atom is -0.325 e. The van der Waals surface area contributed by atoms with Crippen LogP contribution in [-0.2, 0) is 5.92 Å². The van der Waals surface area contributed by atoms with Gasteiger partial charge in [-0.3, -0.25) is 0 Å². The number of hydrogen-bond donors (Lipinski definition) is 1. The van der Waals surface area contributed by atoms with E-state index in [-0.39, 0.29) is 11.1 Å². The summed E-state index contributed by atoms with van der Waals surface area (Å²) >= 11 is 0. The Labute approximate surface area is 74.6 Å². The van der Waals surface area contributed by atoms with E-state index in [1.54, 1.807) is 6.07 Å². The first-order chi connectivity index (χ1) is 6.10. The van der Waals surface area contributed by atoms with Crippen LogP contribution >= 0.6 is 0 Å². The van der Waals surface area contributed by atoms with Crippen LogP contribution in [0, 0.1) is 11.3 Å². The summed E-state index contributed by atoms with van der Waals surface area (Å²) in [7, 11) is 0. The molecule has 0 aliphatic carbocycles. The standard InChI is InChI=1S/C9H8F2N2/c10-9(11,6-13)8-3-1-2-7(4-8)5-12/h1-4H,6,13H2. The molecule has 0 aliphatic rings. The Morgan fingerprint density at radius 3 is 2.69 bits per heavy atom. The van der Waals surface area contributed by atoms with Gasteiger partial charge in [-0.05, 0) is 12.1 Å².